The highest BCUT2D eigenvalue weighted by Gasteiger charge is 2.36. The van der Waals surface area contributed by atoms with E-state index in [-0.39, 0.29) is 0 Å². The standard InChI is InChI=1S/C12H18N4S/c1-3-12(4-2)5-6-16(8-12)11-9(7-13)10(14)15-17-11/h3-6,8H2,1-2H3,(H2,14,15). The van der Waals surface area contributed by atoms with Crippen LogP contribution in [-0.4, -0.2) is 17.5 Å². The number of rotatable bonds is 3. The second-order valence-corrected chi connectivity index (χ2v) is 5.49. The van der Waals surface area contributed by atoms with Crippen LogP contribution in [0.2, 0.25) is 0 Å². The predicted octanol–water partition coefficient (Wildman–Crippen LogP) is 2.61. The molecule has 0 bridgehead atoms. The number of nitrogen functional groups attached to an aromatic ring is 1. The molecule has 92 valence electrons. The molecule has 1 fully saturated rings. The second-order valence-electron chi connectivity index (χ2n) is 4.74. The van der Waals surface area contributed by atoms with Gasteiger partial charge in [-0.25, -0.2) is 0 Å². The van der Waals surface area contributed by atoms with Crippen molar-refractivity contribution in [2.75, 3.05) is 23.7 Å². The fourth-order valence-corrected chi connectivity index (χ4v) is 3.34. The SMILES string of the molecule is CCC1(CC)CCN(c2snc(N)c2C#N)C1. The summed E-state index contributed by atoms with van der Waals surface area (Å²) in [4.78, 5) is 2.28. The van der Waals surface area contributed by atoms with Gasteiger partial charge < -0.3 is 10.6 Å². The third kappa shape index (κ3) is 1.98. The summed E-state index contributed by atoms with van der Waals surface area (Å²) < 4.78 is 4.09. The van der Waals surface area contributed by atoms with E-state index >= 15 is 0 Å². The molecule has 2 N–H and O–H groups in total. The molecule has 0 unspecified atom stereocenters. The normalized spacial score (nSPS) is 18.3. The summed E-state index contributed by atoms with van der Waals surface area (Å²) in [6, 6.07) is 2.17. The van der Waals surface area contributed by atoms with Crippen LogP contribution in [-0.2, 0) is 0 Å². The summed E-state index contributed by atoms with van der Waals surface area (Å²) in [6.07, 6.45) is 3.58. The molecule has 0 amide bonds. The highest BCUT2D eigenvalue weighted by Crippen LogP contribution is 2.41. The number of hydrogen-bond acceptors (Lipinski definition) is 5. The van der Waals surface area contributed by atoms with Crippen molar-refractivity contribution < 1.29 is 0 Å². The molecule has 1 aliphatic heterocycles. The lowest BCUT2D eigenvalue weighted by Gasteiger charge is -2.26. The lowest BCUT2D eigenvalue weighted by Crippen LogP contribution is -2.26. The highest BCUT2D eigenvalue weighted by atomic mass is 32.1. The molecule has 4 nitrogen and oxygen atoms in total. The molecule has 1 aromatic rings. The van der Waals surface area contributed by atoms with Gasteiger partial charge in [0.2, 0.25) is 0 Å². The maximum absolute atomic E-state index is 9.10. The van der Waals surface area contributed by atoms with Crippen LogP contribution in [0.25, 0.3) is 0 Å². The maximum atomic E-state index is 9.10. The Balaban J connectivity index is 2.24. The van der Waals surface area contributed by atoms with Gasteiger partial charge >= 0.3 is 0 Å². The van der Waals surface area contributed by atoms with Gasteiger partial charge in [-0.2, -0.15) is 9.64 Å². The Hall–Kier alpha value is -1.28. The lowest BCUT2D eigenvalue weighted by atomic mass is 9.82. The number of nitrogens with two attached hydrogens (primary N) is 1. The second kappa shape index (κ2) is 4.53. The molecule has 0 aromatic carbocycles. The first-order valence-electron chi connectivity index (χ1n) is 6.06. The molecule has 5 heteroatoms. The summed E-state index contributed by atoms with van der Waals surface area (Å²) >= 11 is 1.35. The summed E-state index contributed by atoms with van der Waals surface area (Å²) in [5.41, 5.74) is 6.66. The molecule has 1 aromatic heterocycles. The van der Waals surface area contributed by atoms with E-state index in [1.54, 1.807) is 0 Å². The lowest BCUT2D eigenvalue weighted by molar-refractivity contribution is 0.301. The third-order valence-electron chi connectivity index (χ3n) is 4.04. The minimum Gasteiger partial charge on any atom is -0.382 e. The molecule has 0 aliphatic carbocycles. The number of nitriles is 1. The van der Waals surface area contributed by atoms with Gasteiger partial charge in [-0.15, -0.1) is 0 Å². The number of nitrogens with zero attached hydrogens (tertiary/aromatic N) is 3. The first kappa shape index (κ1) is 12.2. The van der Waals surface area contributed by atoms with Crippen LogP contribution in [0, 0.1) is 16.7 Å². The fraction of sp³-hybridized carbons (Fsp3) is 0.667. The van der Waals surface area contributed by atoms with Crippen LogP contribution in [0.4, 0.5) is 10.8 Å². The monoisotopic (exact) mass is 250 g/mol. The first-order valence-corrected chi connectivity index (χ1v) is 6.83. The molecule has 0 saturated carbocycles. The molecule has 0 atom stereocenters. The molecular weight excluding hydrogens is 232 g/mol. The van der Waals surface area contributed by atoms with Crippen molar-refractivity contribution >= 4 is 22.4 Å². The zero-order valence-electron chi connectivity index (χ0n) is 10.4. The van der Waals surface area contributed by atoms with Crippen LogP contribution in [0.3, 0.4) is 0 Å². The number of anilines is 2. The van der Waals surface area contributed by atoms with Crippen LogP contribution >= 0.6 is 11.5 Å². The van der Waals surface area contributed by atoms with E-state index in [1.165, 1.54) is 30.8 Å². The highest BCUT2D eigenvalue weighted by molar-refractivity contribution is 7.10. The average molecular weight is 250 g/mol. The number of aromatic nitrogens is 1. The van der Waals surface area contributed by atoms with Crippen LogP contribution in [0.15, 0.2) is 0 Å². The van der Waals surface area contributed by atoms with Crippen LogP contribution in [0.1, 0.15) is 38.7 Å². The van der Waals surface area contributed by atoms with Gasteiger partial charge in [-0.3, -0.25) is 0 Å². The van der Waals surface area contributed by atoms with Crippen molar-refractivity contribution in [3.8, 4) is 6.07 Å². The van der Waals surface area contributed by atoms with Crippen molar-refractivity contribution in [1.82, 2.24) is 4.37 Å². The van der Waals surface area contributed by atoms with Crippen LogP contribution in [0.5, 0.6) is 0 Å². The Kier molecular flexibility index (Phi) is 3.25. The summed E-state index contributed by atoms with van der Waals surface area (Å²) in [5.74, 6) is 0.373. The Morgan fingerprint density at radius 1 is 1.53 bits per heavy atom. The molecule has 17 heavy (non-hydrogen) atoms. The smallest absolute Gasteiger partial charge is 0.157 e. The minimum atomic E-state index is 0.373. The molecule has 1 saturated heterocycles. The molecule has 2 rings (SSSR count). The average Bonchev–Trinajstić information content (AvgIpc) is 2.93. The summed E-state index contributed by atoms with van der Waals surface area (Å²) in [7, 11) is 0. The Morgan fingerprint density at radius 3 is 2.76 bits per heavy atom. The zero-order chi connectivity index (χ0) is 12.5. The fourth-order valence-electron chi connectivity index (χ4n) is 2.55. The Morgan fingerprint density at radius 2 is 2.24 bits per heavy atom. The summed E-state index contributed by atoms with van der Waals surface area (Å²) in [6.45, 7) is 6.53. The van der Waals surface area contributed by atoms with Crippen molar-refractivity contribution in [1.29, 1.82) is 5.26 Å². The summed E-state index contributed by atoms with van der Waals surface area (Å²) in [5, 5.41) is 10.1. The Bertz CT molecular complexity index is 442. The molecule has 0 spiro atoms. The third-order valence-corrected chi connectivity index (χ3v) is 4.96. The van der Waals surface area contributed by atoms with Gasteiger partial charge in [0.1, 0.15) is 16.6 Å². The quantitative estimate of drug-likeness (QED) is 0.895. The van der Waals surface area contributed by atoms with Crippen molar-refractivity contribution in [2.24, 2.45) is 5.41 Å². The van der Waals surface area contributed by atoms with Gasteiger partial charge in [0.05, 0.1) is 0 Å². The van der Waals surface area contributed by atoms with Crippen molar-refractivity contribution in [3.63, 3.8) is 0 Å². The molecular formula is C12H18N4S. The first-order chi connectivity index (χ1) is 8.15. The van der Waals surface area contributed by atoms with Gasteiger partial charge in [-0.05, 0) is 36.2 Å². The molecule has 1 aliphatic rings. The van der Waals surface area contributed by atoms with Crippen molar-refractivity contribution in [2.45, 2.75) is 33.1 Å². The topological polar surface area (TPSA) is 65.9 Å². The van der Waals surface area contributed by atoms with Gasteiger partial charge in [0.25, 0.3) is 0 Å². The van der Waals surface area contributed by atoms with E-state index in [0.717, 1.165) is 18.1 Å². The molecule has 2 heterocycles. The molecule has 0 radical (unpaired) electrons. The van der Waals surface area contributed by atoms with E-state index in [2.05, 4.69) is 29.2 Å². The van der Waals surface area contributed by atoms with Gasteiger partial charge in [0, 0.05) is 13.1 Å². The number of hydrogen-bond donors (Lipinski definition) is 1. The van der Waals surface area contributed by atoms with E-state index in [0.29, 0.717) is 16.8 Å². The van der Waals surface area contributed by atoms with E-state index < -0.39 is 0 Å². The van der Waals surface area contributed by atoms with Crippen LogP contribution < -0.4 is 10.6 Å². The predicted molar refractivity (Wildman–Crippen MR) is 71.1 cm³/mol. The van der Waals surface area contributed by atoms with E-state index in [9.17, 15) is 0 Å². The largest absolute Gasteiger partial charge is 0.382 e. The maximum Gasteiger partial charge on any atom is 0.157 e. The van der Waals surface area contributed by atoms with Crippen molar-refractivity contribution in [3.05, 3.63) is 5.56 Å². The minimum absolute atomic E-state index is 0.373. The van der Waals surface area contributed by atoms with E-state index in [4.69, 9.17) is 11.0 Å². The van der Waals surface area contributed by atoms with Gasteiger partial charge in [0.15, 0.2) is 5.82 Å². The Labute approximate surface area is 106 Å². The van der Waals surface area contributed by atoms with Gasteiger partial charge in [-0.1, -0.05) is 13.8 Å². The zero-order valence-corrected chi connectivity index (χ0v) is 11.2. The van der Waals surface area contributed by atoms with E-state index in [1.807, 2.05) is 0 Å².